The Kier molecular flexibility index (Phi) is 6.13. The Morgan fingerprint density at radius 3 is 2.48 bits per heavy atom. The number of hydrogen-bond donors (Lipinski definition) is 1. The summed E-state index contributed by atoms with van der Waals surface area (Å²) in [5, 5.41) is 3.34. The van der Waals surface area contributed by atoms with Crippen LogP contribution in [0.1, 0.15) is 65.7 Å². The molecule has 4 rings (SSSR count). The van der Waals surface area contributed by atoms with Crippen LogP contribution in [0.25, 0.3) is 0 Å². The van der Waals surface area contributed by atoms with Crippen molar-refractivity contribution in [3.8, 4) is 5.75 Å². The van der Waals surface area contributed by atoms with Crippen molar-refractivity contribution < 1.29 is 17.9 Å². The standard InChI is InChI=1S/C21H33N5O4S/c1-4-21(3)19(27)26(16-8-6-7-9-16)18-17(30-21)14-22-20(24-18)23-15-10-12-25(13-11-15)31(28,29)5-2/h14-16H,4-13H2,1-3H3,(H,22,23,24). The summed E-state index contributed by atoms with van der Waals surface area (Å²) in [7, 11) is -3.15. The first kappa shape index (κ1) is 22.3. The molecule has 3 heterocycles. The highest BCUT2D eigenvalue weighted by Crippen LogP contribution is 2.41. The highest BCUT2D eigenvalue weighted by molar-refractivity contribution is 7.89. The van der Waals surface area contributed by atoms with E-state index in [1.807, 2.05) is 18.7 Å². The van der Waals surface area contributed by atoms with Crippen LogP contribution in [0.4, 0.5) is 11.8 Å². The molecule has 31 heavy (non-hydrogen) atoms. The zero-order valence-corrected chi connectivity index (χ0v) is 19.4. The maximum Gasteiger partial charge on any atom is 0.272 e. The van der Waals surface area contributed by atoms with Crippen LogP contribution in [0.5, 0.6) is 5.75 Å². The van der Waals surface area contributed by atoms with E-state index in [2.05, 4.69) is 10.3 Å². The van der Waals surface area contributed by atoms with Gasteiger partial charge in [-0.1, -0.05) is 19.8 Å². The Hall–Kier alpha value is -1.94. The number of anilines is 2. The van der Waals surface area contributed by atoms with Crippen molar-refractivity contribution in [2.24, 2.45) is 0 Å². The summed E-state index contributed by atoms with van der Waals surface area (Å²) in [4.78, 5) is 24.3. The molecule has 1 amide bonds. The fourth-order valence-electron chi connectivity index (χ4n) is 4.68. The molecule has 1 aromatic rings. The Morgan fingerprint density at radius 2 is 1.87 bits per heavy atom. The molecular weight excluding hydrogens is 418 g/mol. The zero-order chi connectivity index (χ0) is 22.2. The maximum atomic E-state index is 13.3. The van der Waals surface area contributed by atoms with Gasteiger partial charge in [-0.2, -0.15) is 4.98 Å². The Balaban J connectivity index is 1.53. The summed E-state index contributed by atoms with van der Waals surface area (Å²) < 4.78 is 31.8. The molecule has 1 aromatic heterocycles. The molecule has 2 fully saturated rings. The smallest absolute Gasteiger partial charge is 0.272 e. The summed E-state index contributed by atoms with van der Waals surface area (Å²) in [5.41, 5.74) is -0.897. The Morgan fingerprint density at radius 1 is 1.19 bits per heavy atom. The number of nitrogens with zero attached hydrogens (tertiary/aromatic N) is 4. The number of carbonyl (C=O) groups is 1. The summed E-state index contributed by atoms with van der Waals surface area (Å²) >= 11 is 0. The van der Waals surface area contributed by atoms with Crippen LogP contribution in [0.2, 0.25) is 0 Å². The quantitative estimate of drug-likeness (QED) is 0.709. The van der Waals surface area contributed by atoms with Gasteiger partial charge in [0.1, 0.15) is 0 Å². The lowest BCUT2D eigenvalue weighted by atomic mass is 9.97. The summed E-state index contributed by atoms with van der Waals surface area (Å²) in [6.45, 7) is 6.44. The lowest BCUT2D eigenvalue weighted by molar-refractivity contribution is -0.135. The average molecular weight is 452 g/mol. The van der Waals surface area contributed by atoms with Crippen molar-refractivity contribution in [2.75, 3.05) is 29.1 Å². The monoisotopic (exact) mass is 451 g/mol. The van der Waals surface area contributed by atoms with Crippen molar-refractivity contribution >= 4 is 27.7 Å². The van der Waals surface area contributed by atoms with Crippen LogP contribution in [0.3, 0.4) is 0 Å². The van der Waals surface area contributed by atoms with E-state index in [0.29, 0.717) is 49.9 Å². The molecule has 0 aromatic carbocycles. The molecule has 2 aliphatic heterocycles. The minimum atomic E-state index is -3.15. The second-order valence-electron chi connectivity index (χ2n) is 8.90. The highest BCUT2D eigenvalue weighted by atomic mass is 32.2. The minimum absolute atomic E-state index is 0.0304. The molecule has 10 heteroatoms. The molecule has 1 unspecified atom stereocenters. The molecule has 1 N–H and O–H groups in total. The first-order valence-corrected chi connectivity index (χ1v) is 13.0. The van der Waals surface area contributed by atoms with Crippen molar-refractivity contribution in [3.05, 3.63) is 6.20 Å². The predicted octanol–water partition coefficient (Wildman–Crippen LogP) is 2.54. The summed E-state index contributed by atoms with van der Waals surface area (Å²) in [6.07, 6.45) is 7.79. The van der Waals surface area contributed by atoms with Gasteiger partial charge in [-0.05, 0) is 46.0 Å². The van der Waals surface area contributed by atoms with Crippen molar-refractivity contribution in [1.29, 1.82) is 0 Å². The van der Waals surface area contributed by atoms with E-state index in [-0.39, 0.29) is 23.7 Å². The molecule has 172 valence electrons. The van der Waals surface area contributed by atoms with Crippen LogP contribution in [-0.4, -0.2) is 65.1 Å². The number of piperidine rings is 1. The highest BCUT2D eigenvalue weighted by Gasteiger charge is 2.47. The van der Waals surface area contributed by atoms with E-state index in [9.17, 15) is 13.2 Å². The normalized spacial score (nSPS) is 26.0. The van der Waals surface area contributed by atoms with Gasteiger partial charge in [0.15, 0.2) is 17.2 Å². The number of aromatic nitrogens is 2. The molecule has 0 radical (unpaired) electrons. The molecular formula is C21H33N5O4S. The zero-order valence-electron chi connectivity index (χ0n) is 18.6. The van der Waals surface area contributed by atoms with Crippen molar-refractivity contribution in [2.45, 2.75) is 83.4 Å². The lowest BCUT2D eigenvalue weighted by Crippen LogP contribution is -2.57. The van der Waals surface area contributed by atoms with Gasteiger partial charge in [-0.3, -0.25) is 9.69 Å². The summed E-state index contributed by atoms with van der Waals surface area (Å²) in [6, 6.07) is 0.230. The van der Waals surface area contributed by atoms with Crippen LogP contribution in [0, 0.1) is 0 Å². The molecule has 3 aliphatic rings. The van der Waals surface area contributed by atoms with Crippen molar-refractivity contribution in [1.82, 2.24) is 14.3 Å². The number of rotatable bonds is 6. The molecule has 1 saturated heterocycles. The van der Waals surface area contributed by atoms with E-state index >= 15 is 0 Å². The molecule has 9 nitrogen and oxygen atoms in total. The third kappa shape index (κ3) is 4.24. The van der Waals surface area contributed by atoms with Gasteiger partial charge < -0.3 is 10.1 Å². The number of amides is 1. The van der Waals surface area contributed by atoms with Gasteiger partial charge in [0.05, 0.1) is 11.9 Å². The largest absolute Gasteiger partial charge is 0.472 e. The molecule has 0 bridgehead atoms. The van der Waals surface area contributed by atoms with E-state index in [1.54, 1.807) is 17.4 Å². The third-order valence-electron chi connectivity index (χ3n) is 6.88. The Bertz CT molecular complexity index is 926. The SMILES string of the molecule is CCC1(C)Oc2cnc(NC3CCN(S(=O)(=O)CC)CC3)nc2N(C2CCCC2)C1=O. The topological polar surface area (TPSA) is 105 Å². The van der Waals surface area contributed by atoms with Gasteiger partial charge in [0.2, 0.25) is 16.0 Å². The number of ether oxygens (including phenoxy) is 1. The van der Waals surface area contributed by atoms with E-state index in [1.165, 1.54) is 0 Å². The van der Waals surface area contributed by atoms with Crippen molar-refractivity contribution in [3.63, 3.8) is 0 Å². The molecule has 1 atom stereocenters. The van der Waals surface area contributed by atoms with Gasteiger partial charge in [0, 0.05) is 25.2 Å². The summed E-state index contributed by atoms with van der Waals surface area (Å²) in [5.74, 6) is 1.64. The number of sulfonamides is 1. The number of hydrogen-bond acceptors (Lipinski definition) is 7. The average Bonchev–Trinajstić information content (AvgIpc) is 3.30. The minimum Gasteiger partial charge on any atom is -0.472 e. The van der Waals surface area contributed by atoms with E-state index < -0.39 is 15.6 Å². The van der Waals surface area contributed by atoms with Gasteiger partial charge in [-0.25, -0.2) is 17.7 Å². The number of nitrogens with one attached hydrogen (secondary N) is 1. The van der Waals surface area contributed by atoms with Gasteiger partial charge in [-0.15, -0.1) is 0 Å². The van der Waals surface area contributed by atoms with Crippen LogP contribution in [0.15, 0.2) is 6.20 Å². The van der Waals surface area contributed by atoms with Crippen LogP contribution >= 0.6 is 0 Å². The van der Waals surface area contributed by atoms with Gasteiger partial charge >= 0.3 is 0 Å². The molecule has 1 aliphatic carbocycles. The Labute approximate surface area is 184 Å². The second-order valence-corrected chi connectivity index (χ2v) is 11.2. The van der Waals surface area contributed by atoms with Gasteiger partial charge in [0.25, 0.3) is 5.91 Å². The fraction of sp³-hybridized carbons (Fsp3) is 0.762. The van der Waals surface area contributed by atoms with Crippen LogP contribution in [-0.2, 0) is 14.8 Å². The van der Waals surface area contributed by atoms with Crippen LogP contribution < -0.4 is 15.0 Å². The first-order valence-electron chi connectivity index (χ1n) is 11.4. The number of carbonyl (C=O) groups excluding carboxylic acids is 1. The maximum absolute atomic E-state index is 13.3. The molecule has 1 saturated carbocycles. The third-order valence-corrected chi connectivity index (χ3v) is 8.76. The lowest BCUT2D eigenvalue weighted by Gasteiger charge is -2.42. The second kappa shape index (κ2) is 8.54. The molecule has 0 spiro atoms. The first-order chi connectivity index (χ1) is 14.8. The van der Waals surface area contributed by atoms with E-state index in [4.69, 9.17) is 9.72 Å². The number of fused-ring (bicyclic) bond motifs is 1. The fourth-order valence-corrected chi connectivity index (χ4v) is 5.81. The van der Waals surface area contributed by atoms with E-state index in [0.717, 1.165) is 25.7 Å². The predicted molar refractivity (Wildman–Crippen MR) is 119 cm³/mol.